The molecule has 0 aromatic carbocycles. The second-order valence-corrected chi connectivity index (χ2v) is 5.38. The molecule has 132 valence electrons. The number of nitrogens with zero attached hydrogens (tertiary/aromatic N) is 1. The summed E-state index contributed by atoms with van der Waals surface area (Å²) in [6.07, 6.45) is 4.67. The molecule has 2 aromatic heterocycles. The summed E-state index contributed by atoms with van der Waals surface area (Å²) >= 11 is 0. The number of aliphatic hydroxyl groups is 1. The van der Waals surface area contributed by atoms with Crippen LogP contribution < -0.4 is 10.3 Å². The molecule has 2 aromatic rings. The van der Waals surface area contributed by atoms with Gasteiger partial charge in [0, 0.05) is 25.8 Å². The van der Waals surface area contributed by atoms with E-state index >= 15 is 0 Å². The summed E-state index contributed by atoms with van der Waals surface area (Å²) < 4.78 is 10.8. The minimum atomic E-state index is -0.132. The molecule has 0 saturated carbocycles. The molecule has 0 spiro atoms. The van der Waals surface area contributed by atoms with Crippen molar-refractivity contribution >= 4 is 17.1 Å². The third-order valence-electron chi connectivity index (χ3n) is 2.76. The van der Waals surface area contributed by atoms with Crippen molar-refractivity contribution in [2.45, 2.75) is 53.9 Å². The molecule has 0 atom stereocenters. The Morgan fingerprint density at radius 2 is 1.70 bits per heavy atom. The van der Waals surface area contributed by atoms with Gasteiger partial charge in [-0.15, -0.1) is 0 Å². The Morgan fingerprint density at radius 1 is 1.13 bits per heavy atom. The Bertz CT molecular complexity index is 599. The van der Waals surface area contributed by atoms with Crippen LogP contribution in [-0.4, -0.2) is 25.3 Å². The average molecular weight is 325 g/mol. The van der Waals surface area contributed by atoms with E-state index in [1.807, 2.05) is 25.8 Å². The van der Waals surface area contributed by atoms with Gasteiger partial charge in [-0.3, -0.25) is 4.79 Å². The van der Waals surface area contributed by atoms with E-state index in [0.717, 1.165) is 24.9 Å². The van der Waals surface area contributed by atoms with E-state index in [-0.39, 0.29) is 5.43 Å². The van der Waals surface area contributed by atoms with Crippen LogP contribution in [0.5, 0.6) is 0 Å². The van der Waals surface area contributed by atoms with Gasteiger partial charge in [-0.05, 0) is 19.8 Å². The molecule has 0 aliphatic carbocycles. The van der Waals surface area contributed by atoms with Crippen LogP contribution in [0.2, 0.25) is 0 Å². The highest BCUT2D eigenvalue weighted by Gasteiger charge is 2.12. The van der Waals surface area contributed by atoms with Crippen LogP contribution in [-0.2, 0) is 0 Å². The summed E-state index contributed by atoms with van der Waals surface area (Å²) in [6.45, 7) is 11.3. The first kappa shape index (κ1) is 21.2. The predicted octanol–water partition coefficient (Wildman–Crippen LogP) is 4.35. The molecule has 0 fully saturated rings. The summed E-state index contributed by atoms with van der Waals surface area (Å²) in [7, 11) is 1.91. The fourth-order valence-corrected chi connectivity index (χ4v) is 1.68. The molecule has 2 heterocycles. The van der Waals surface area contributed by atoms with E-state index in [9.17, 15) is 4.79 Å². The van der Waals surface area contributed by atoms with Crippen LogP contribution in [0.3, 0.4) is 0 Å². The van der Waals surface area contributed by atoms with Gasteiger partial charge >= 0.3 is 0 Å². The van der Waals surface area contributed by atoms with Crippen molar-refractivity contribution in [1.29, 1.82) is 0 Å². The van der Waals surface area contributed by atoms with Crippen molar-refractivity contribution < 1.29 is 13.9 Å². The molecule has 5 heteroatoms. The molecule has 2 rings (SSSR count). The van der Waals surface area contributed by atoms with Gasteiger partial charge in [-0.1, -0.05) is 34.1 Å². The van der Waals surface area contributed by atoms with Crippen molar-refractivity contribution in [3.8, 4) is 0 Å². The SMILES string of the molecule is CCC.CCCN(C)c1cc(=O)c2occ(C)c2o1.CCCO. The Morgan fingerprint density at radius 3 is 2.17 bits per heavy atom. The van der Waals surface area contributed by atoms with Crippen LogP contribution in [0.25, 0.3) is 11.2 Å². The van der Waals surface area contributed by atoms with E-state index in [1.54, 1.807) is 6.26 Å². The first-order valence-corrected chi connectivity index (χ1v) is 8.30. The summed E-state index contributed by atoms with van der Waals surface area (Å²) in [5.41, 5.74) is 1.56. The van der Waals surface area contributed by atoms with Gasteiger partial charge in [0.25, 0.3) is 0 Å². The fraction of sp³-hybridized carbons (Fsp3) is 0.611. The number of hydrogen-bond acceptors (Lipinski definition) is 5. The molecule has 0 amide bonds. The van der Waals surface area contributed by atoms with E-state index in [0.29, 0.717) is 23.7 Å². The van der Waals surface area contributed by atoms with E-state index < -0.39 is 0 Å². The highest BCUT2D eigenvalue weighted by atomic mass is 16.4. The monoisotopic (exact) mass is 325 g/mol. The Hall–Kier alpha value is -1.75. The standard InChI is InChI=1S/C12H15NO3.C3H8O.C3H8/c1-4-5-13(3)10-6-9(14)12-11(16-10)8(2)7-15-12;1-2-3-4;1-3-2/h6-7H,4-5H2,1-3H3;4H,2-3H2,1H3;3H2,1-2H3. The summed E-state index contributed by atoms with van der Waals surface area (Å²) in [5.74, 6) is 0.587. The molecule has 23 heavy (non-hydrogen) atoms. The van der Waals surface area contributed by atoms with Gasteiger partial charge in [0.15, 0.2) is 11.5 Å². The molecule has 0 unspecified atom stereocenters. The molecule has 0 radical (unpaired) electrons. The van der Waals surface area contributed by atoms with E-state index in [1.165, 1.54) is 12.5 Å². The zero-order valence-corrected chi connectivity index (χ0v) is 15.3. The van der Waals surface area contributed by atoms with Crippen molar-refractivity contribution in [3.63, 3.8) is 0 Å². The summed E-state index contributed by atoms with van der Waals surface area (Å²) in [6, 6.07) is 1.47. The van der Waals surface area contributed by atoms with E-state index in [2.05, 4.69) is 20.8 Å². The van der Waals surface area contributed by atoms with Gasteiger partial charge in [-0.25, -0.2) is 0 Å². The first-order valence-electron chi connectivity index (χ1n) is 8.30. The Balaban J connectivity index is 0.000000591. The number of anilines is 1. The minimum absolute atomic E-state index is 0.132. The second-order valence-electron chi connectivity index (χ2n) is 5.38. The largest absolute Gasteiger partial charge is 0.456 e. The van der Waals surface area contributed by atoms with Gasteiger partial charge in [0.2, 0.25) is 11.0 Å². The lowest BCUT2D eigenvalue weighted by atomic mass is 10.3. The maximum Gasteiger partial charge on any atom is 0.230 e. The van der Waals surface area contributed by atoms with Gasteiger partial charge in [-0.2, -0.15) is 0 Å². The molecule has 0 saturated heterocycles. The third-order valence-corrected chi connectivity index (χ3v) is 2.76. The van der Waals surface area contributed by atoms with E-state index in [4.69, 9.17) is 13.9 Å². The molecule has 0 aliphatic rings. The van der Waals surface area contributed by atoms with Crippen LogP contribution >= 0.6 is 0 Å². The van der Waals surface area contributed by atoms with Gasteiger partial charge < -0.3 is 18.8 Å². The molecule has 0 bridgehead atoms. The van der Waals surface area contributed by atoms with Gasteiger partial charge in [0.05, 0.1) is 12.3 Å². The van der Waals surface area contributed by atoms with Crippen LogP contribution in [0.4, 0.5) is 5.88 Å². The highest BCUT2D eigenvalue weighted by Crippen LogP contribution is 2.22. The predicted molar refractivity (Wildman–Crippen MR) is 96.4 cm³/mol. The van der Waals surface area contributed by atoms with Crippen molar-refractivity contribution in [2.24, 2.45) is 0 Å². The van der Waals surface area contributed by atoms with Crippen LogP contribution in [0.1, 0.15) is 52.5 Å². The number of hydrogen-bond donors (Lipinski definition) is 1. The lowest BCUT2D eigenvalue weighted by Crippen LogP contribution is -2.19. The first-order chi connectivity index (χ1) is 11.0. The van der Waals surface area contributed by atoms with Crippen LogP contribution in [0, 0.1) is 6.92 Å². The number of aryl methyl sites for hydroxylation is 1. The lowest BCUT2D eigenvalue weighted by Gasteiger charge is -2.15. The average Bonchev–Trinajstić information content (AvgIpc) is 2.90. The molecular formula is C18H31NO4. The lowest BCUT2D eigenvalue weighted by molar-refractivity contribution is 0.295. The zero-order valence-electron chi connectivity index (χ0n) is 15.3. The number of furan rings is 1. The van der Waals surface area contributed by atoms with Crippen LogP contribution in [0.15, 0.2) is 26.0 Å². The molecule has 1 N–H and O–H groups in total. The zero-order chi connectivity index (χ0) is 17.8. The normalized spacial score (nSPS) is 9.70. The Labute approximate surface area is 138 Å². The second kappa shape index (κ2) is 11.8. The maximum atomic E-state index is 11.7. The van der Waals surface area contributed by atoms with Crippen molar-refractivity contribution in [1.82, 2.24) is 0 Å². The van der Waals surface area contributed by atoms with Gasteiger partial charge in [0.1, 0.15) is 0 Å². The Kier molecular flexibility index (Phi) is 10.9. The quantitative estimate of drug-likeness (QED) is 0.905. The highest BCUT2D eigenvalue weighted by molar-refractivity contribution is 5.75. The minimum Gasteiger partial charge on any atom is -0.456 e. The third kappa shape index (κ3) is 6.91. The van der Waals surface area contributed by atoms with Crippen molar-refractivity contribution in [3.05, 3.63) is 28.1 Å². The number of aliphatic hydroxyl groups excluding tert-OH is 1. The smallest absolute Gasteiger partial charge is 0.230 e. The maximum absolute atomic E-state index is 11.7. The molecule has 0 aliphatic heterocycles. The number of fused-ring (bicyclic) bond motifs is 1. The van der Waals surface area contributed by atoms with Crippen molar-refractivity contribution in [2.75, 3.05) is 25.1 Å². The molecule has 5 nitrogen and oxygen atoms in total. The number of rotatable bonds is 4. The summed E-state index contributed by atoms with van der Waals surface area (Å²) in [5, 5.41) is 7.88. The summed E-state index contributed by atoms with van der Waals surface area (Å²) in [4.78, 5) is 13.7. The topological polar surface area (TPSA) is 66.8 Å². The molecular weight excluding hydrogens is 294 g/mol. The fourth-order valence-electron chi connectivity index (χ4n) is 1.68.